The van der Waals surface area contributed by atoms with Crippen molar-refractivity contribution in [3.05, 3.63) is 0 Å². The van der Waals surface area contributed by atoms with Gasteiger partial charge < -0.3 is 4.90 Å². The fourth-order valence-corrected chi connectivity index (χ4v) is 1.76. The maximum Gasteiger partial charge on any atom is 0.235 e. The lowest BCUT2D eigenvalue weighted by atomic mass is 9.82. The van der Waals surface area contributed by atoms with Crippen molar-refractivity contribution in [2.24, 2.45) is 5.41 Å². The van der Waals surface area contributed by atoms with Crippen molar-refractivity contribution in [3.63, 3.8) is 0 Å². The second kappa shape index (κ2) is 3.91. The lowest BCUT2D eigenvalue weighted by molar-refractivity contribution is -0.132. The van der Waals surface area contributed by atoms with Crippen LogP contribution in [0.25, 0.3) is 0 Å². The summed E-state index contributed by atoms with van der Waals surface area (Å²) in [4.78, 5) is 13.5. The molecule has 1 atom stereocenters. The number of thiol groups is 1. The normalized spacial score (nSPS) is 24.2. The number of amides is 1. The summed E-state index contributed by atoms with van der Waals surface area (Å²) in [6.45, 7) is 8.16. The van der Waals surface area contributed by atoms with Crippen molar-refractivity contribution in [3.8, 4) is 0 Å². The van der Waals surface area contributed by atoms with Crippen molar-refractivity contribution in [1.29, 1.82) is 0 Å². The Hall–Kier alpha value is -0.180. The minimum atomic E-state index is -0.152. The van der Waals surface area contributed by atoms with E-state index < -0.39 is 0 Å². The Morgan fingerprint density at radius 3 is 2.23 bits per heavy atom. The van der Waals surface area contributed by atoms with Crippen LogP contribution in [0.1, 0.15) is 33.6 Å². The third-order valence-electron chi connectivity index (χ3n) is 2.79. The first-order valence-electron chi connectivity index (χ1n) is 4.89. The van der Waals surface area contributed by atoms with Crippen LogP contribution in [0.2, 0.25) is 0 Å². The number of carbonyl (C=O) groups is 1. The highest BCUT2D eigenvalue weighted by Crippen LogP contribution is 2.29. The number of hydrogen-bond acceptors (Lipinski definition) is 2. The number of carbonyl (C=O) groups excluding carboxylic acids is 1. The van der Waals surface area contributed by atoms with Crippen LogP contribution >= 0.6 is 12.6 Å². The zero-order chi connectivity index (χ0) is 10.1. The topological polar surface area (TPSA) is 20.3 Å². The van der Waals surface area contributed by atoms with Crippen molar-refractivity contribution >= 4 is 18.5 Å². The van der Waals surface area contributed by atoms with Crippen molar-refractivity contribution < 1.29 is 4.79 Å². The third-order valence-corrected chi connectivity index (χ3v) is 3.01. The zero-order valence-electron chi connectivity index (χ0n) is 8.71. The summed E-state index contributed by atoms with van der Waals surface area (Å²) in [5.74, 6) is 0.179. The van der Waals surface area contributed by atoms with Gasteiger partial charge in [-0.1, -0.05) is 13.8 Å². The molecular weight excluding hydrogens is 182 g/mol. The molecule has 0 bridgehead atoms. The number of rotatable bonds is 1. The summed E-state index contributed by atoms with van der Waals surface area (Å²) < 4.78 is 0. The lowest BCUT2D eigenvalue weighted by Crippen LogP contribution is -2.43. The summed E-state index contributed by atoms with van der Waals surface area (Å²) in [5, 5.41) is -0.152. The summed E-state index contributed by atoms with van der Waals surface area (Å²) in [6.07, 6.45) is 2.22. The van der Waals surface area contributed by atoms with Gasteiger partial charge in [0.15, 0.2) is 0 Å². The minimum Gasteiger partial charge on any atom is -0.342 e. The van der Waals surface area contributed by atoms with E-state index in [2.05, 4.69) is 26.5 Å². The van der Waals surface area contributed by atoms with E-state index >= 15 is 0 Å². The van der Waals surface area contributed by atoms with Crippen LogP contribution in [0.15, 0.2) is 0 Å². The molecular formula is C10H19NOS. The molecule has 0 aliphatic carbocycles. The number of nitrogens with zero attached hydrogens (tertiary/aromatic N) is 1. The standard InChI is InChI=1S/C10H19NOS/c1-8(13)9(12)11-6-4-10(2,3)5-7-11/h8,13H,4-7H2,1-3H3. The molecule has 1 fully saturated rings. The highest BCUT2D eigenvalue weighted by atomic mass is 32.1. The Morgan fingerprint density at radius 2 is 1.85 bits per heavy atom. The molecule has 0 aromatic heterocycles. The van der Waals surface area contributed by atoms with Crippen LogP contribution in [0.3, 0.4) is 0 Å². The van der Waals surface area contributed by atoms with Gasteiger partial charge in [0.05, 0.1) is 5.25 Å². The Balaban J connectivity index is 2.46. The molecule has 0 saturated carbocycles. The monoisotopic (exact) mass is 201 g/mol. The van der Waals surface area contributed by atoms with Crippen molar-refractivity contribution in [2.45, 2.75) is 38.9 Å². The summed E-state index contributed by atoms with van der Waals surface area (Å²) in [5.41, 5.74) is 0.413. The van der Waals surface area contributed by atoms with E-state index in [1.165, 1.54) is 0 Å². The molecule has 1 unspecified atom stereocenters. The SMILES string of the molecule is CC(S)C(=O)N1CCC(C)(C)CC1. The van der Waals surface area contributed by atoms with Gasteiger partial charge in [0.2, 0.25) is 5.91 Å². The van der Waals surface area contributed by atoms with Crippen LogP contribution in [0, 0.1) is 5.41 Å². The minimum absolute atomic E-state index is 0.152. The molecule has 13 heavy (non-hydrogen) atoms. The molecule has 1 aliphatic rings. The molecule has 0 aromatic carbocycles. The van der Waals surface area contributed by atoms with E-state index in [0.29, 0.717) is 5.41 Å². The third kappa shape index (κ3) is 2.90. The Labute approximate surface area is 86.1 Å². The molecule has 0 N–H and O–H groups in total. The first-order valence-corrected chi connectivity index (χ1v) is 5.41. The van der Waals surface area contributed by atoms with Crippen LogP contribution in [0.5, 0.6) is 0 Å². The van der Waals surface area contributed by atoms with Gasteiger partial charge in [-0.15, -0.1) is 0 Å². The molecule has 1 heterocycles. The molecule has 0 radical (unpaired) electrons. The summed E-state index contributed by atoms with van der Waals surface area (Å²) in [6, 6.07) is 0. The Bertz CT molecular complexity index is 191. The summed E-state index contributed by atoms with van der Waals surface area (Å²) in [7, 11) is 0. The number of likely N-dealkylation sites (tertiary alicyclic amines) is 1. The van der Waals surface area contributed by atoms with Gasteiger partial charge in [-0.05, 0) is 25.2 Å². The van der Waals surface area contributed by atoms with E-state index in [9.17, 15) is 4.79 Å². The van der Waals surface area contributed by atoms with Gasteiger partial charge in [-0.3, -0.25) is 4.79 Å². The van der Waals surface area contributed by atoms with E-state index in [1.54, 1.807) is 0 Å². The highest BCUT2D eigenvalue weighted by Gasteiger charge is 2.28. The van der Waals surface area contributed by atoms with Gasteiger partial charge in [0, 0.05) is 13.1 Å². The smallest absolute Gasteiger partial charge is 0.235 e. The Morgan fingerprint density at radius 1 is 1.38 bits per heavy atom. The zero-order valence-corrected chi connectivity index (χ0v) is 9.60. The van der Waals surface area contributed by atoms with Crippen LogP contribution in [0.4, 0.5) is 0 Å². The van der Waals surface area contributed by atoms with Crippen LogP contribution in [-0.2, 0) is 4.79 Å². The lowest BCUT2D eigenvalue weighted by Gasteiger charge is -2.37. The van der Waals surface area contributed by atoms with Crippen LogP contribution < -0.4 is 0 Å². The van der Waals surface area contributed by atoms with Crippen molar-refractivity contribution in [2.75, 3.05) is 13.1 Å². The quantitative estimate of drug-likeness (QED) is 0.643. The fourth-order valence-electron chi connectivity index (χ4n) is 1.60. The molecule has 1 saturated heterocycles. The maximum absolute atomic E-state index is 11.6. The van der Waals surface area contributed by atoms with E-state index in [4.69, 9.17) is 0 Å². The van der Waals surface area contributed by atoms with E-state index in [1.807, 2.05) is 11.8 Å². The van der Waals surface area contributed by atoms with E-state index in [-0.39, 0.29) is 11.2 Å². The predicted octanol–water partition coefficient (Wildman–Crippen LogP) is 1.95. The van der Waals surface area contributed by atoms with Gasteiger partial charge in [-0.25, -0.2) is 0 Å². The molecule has 1 amide bonds. The Kier molecular flexibility index (Phi) is 3.28. The molecule has 0 spiro atoms. The largest absolute Gasteiger partial charge is 0.342 e. The molecule has 0 aromatic rings. The van der Waals surface area contributed by atoms with Gasteiger partial charge in [-0.2, -0.15) is 12.6 Å². The molecule has 1 aliphatic heterocycles. The molecule has 2 nitrogen and oxygen atoms in total. The number of hydrogen-bond donors (Lipinski definition) is 1. The second-order valence-electron chi connectivity index (χ2n) is 4.67. The van der Waals surface area contributed by atoms with Crippen LogP contribution in [-0.4, -0.2) is 29.1 Å². The molecule has 76 valence electrons. The second-order valence-corrected chi connectivity index (χ2v) is 5.44. The number of piperidine rings is 1. The van der Waals surface area contributed by atoms with Gasteiger partial charge >= 0.3 is 0 Å². The first kappa shape index (κ1) is 10.9. The maximum atomic E-state index is 11.6. The van der Waals surface area contributed by atoms with Crippen molar-refractivity contribution in [1.82, 2.24) is 4.90 Å². The average Bonchev–Trinajstić information content (AvgIpc) is 2.03. The molecule has 3 heteroatoms. The molecule has 1 rings (SSSR count). The predicted molar refractivity (Wildman–Crippen MR) is 58.0 cm³/mol. The first-order chi connectivity index (χ1) is 5.92. The fraction of sp³-hybridized carbons (Fsp3) is 0.900. The van der Waals surface area contributed by atoms with E-state index in [0.717, 1.165) is 25.9 Å². The van der Waals surface area contributed by atoms with Gasteiger partial charge in [0.25, 0.3) is 0 Å². The highest BCUT2D eigenvalue weighted by molar-refractivity contribution is 7.81. The van der Waals surface area contributed by atoms with Gasteiger partial charge in [0.1, 0.15) is 0 Å². The summed E-state index contributed by atoms with van der Waals surface area (Å²) >= 11 is 4.16. The average molecular weight is 201 g/mol.